The molecule has 3 rings (SSSR count). The van der Waals surface area contributed by atoms with Crippen molar-refractivity contribution in [2.45, 2.75) is 38.6 Å². The second kappa shape index (κ2) is 8.54. The number of rotatable bonds is 6. The first-order valence-corrected chi connectivity index (χ1v) is 9.62. The number of hydroxylamine groups is 1. The highest BCUT2D eigenvalue weighted by Gasteiger charge is 2.46. The Labute approximate surface area is 174 Å². The van der Waals surface area contributed by atoms with Gasteiger partial charge in [0, 0.05) is 6.54 Å². The Bertz CT molecular complexity index is 956. The molecule has 1 aliphatic rings. The number of hydrogen-bond donors (Lipinski definition) is 3. The fraction of sp³-hybridized carbons (Fsp3) is 0.318. The van der Waals surface area contributed by atoms with E-state index in [-0.39, 0.29) is 5.91 Å². The maximum absolute atomic E-state index is 13.0. The van der Waals surface area contributed by atoms with E-state index >= 15 is 0 Å². The number of likely N-dealkylation sites (tertiary alicyclic amines) is 1. The van der Waals surface area contributed by atoms with E-state index in [0.29, 0.717) is 30.2 Å². The van der Waals surface area contributed by atoms with Crippen molar-refractivity contribution in [3.05, 3.63) is 59.7 Å². The van der Waals surface area contributed by atoms with Gasteiger partial charge < -0.3 is 14.8 Å². The van der Waals surface area contributed by atoms with Crippen molar-refractivity contribution < 1.29 is 24.7 Å². The monoisotopic (exact) mass is 411 g/mol. The number of hydrogen-bond acceptors (Lipinski definition) is 6. The van der Waals surface area contributed by atoms with Crippen LogP contribution in [0.1, 0.15) is 38.3 Å². The number of benzene rings is 2. The van der Waals surface area contributed by atoms with Crippen molar-refractivity contribution >= 4 is 17.5 Å². The zero-order valence-corrected chi connectivity index (χ0v) is 17.1. The van der Waals surface area contributed by atoms with Gasteiger partial charge in [0.25, 0.3) is 5.91 Å². The van der Waals surface area contributed by atoms with Crippen LogP contribution in [0.25, 0.3) is 0 Å². The molecule has 2 aromatic rings. The summed E-state index contributed by atoms with van der Waals surface area (Å²) in [5.41, 5.74) is 3.00. The smallest absolute Gasteiger partial charge is 0.265 e. The number of ether oxygens (including phenoxy) is 1. The van der Waals surface area contributed by atoms with E-state index in [1.165, 1.54) is 4.90 Å². The summed E-state index contributed by atoms with van der Waals surface area (Å²) < 4.78 is 5.85. The molecule has 2 amide bonds. The Morgan fingerprint density at radius 2 is 1.73 bits per heavy atom. The molecule has 30 heavy (non-hydrogen) atoms. The van der Waals surface area contributed by atoms with Gasteiger partial charge in [-0.05, 0) is 74.7 Å². The van der Waals surface area contributed by atoms with E-state index in [4.69, 9.17) is 15.2 Å². The van der Waals surface area contributed by atoms with Crippen LogP contribution in [0.15, 0.2) is 53.7 Å². The minimum Gasteiger partial charge on any atom is -0.457 e. The van der Waals surface area contributed by atoms with Gasteiger partial charge in [0.15, 0.2) is 0 Å². The van der Waals surface area contributed by atoms with Gasteiger partial charge in [-0.15, -0.1) is 0 Å². The van der Waals surface area contributed by atoms with Crippen LogP contribution in [0.5, 0.6) is 11.5 Å². The van der Waals surface area contributed by atoms with Crippen molar-refractivity contribution in [3.63, 3.8) is 0 Å². The van der Waals surface area contributed by atoms with Gasteiger partial charge >= 0.3 is 0 Å². The predicted molar refractivity (Wildman–Crippen MR) is 110 cm³/mol. The second-order valence-corrected chi connectivity index (χ2v) is 7.57. The summed E-state index contributed by atoms with van der Waals surface area (Å²) in [7, 11) is 0. The molecule has 0 aliphatic carbocycles. The van der Waals surface area contributed by atoms with Crippen LogP contribution in [-0.4, -0.2) is 45.4 Å². The van der Waals surface area contributed by atoms with Crippen LogP contribution in [0, 0.1) is 0 Å². The highest BCUT2D eigenvalue weighted by molar-refractivity contribution is 5.98. The van der Waals surface area contributed by atoms with Gasteiger partial charge in [-0.2, -0.15) is 0 Å². The number of carbonyl (C=O) groups is 2. The Hall–Kier alpha value is -3.39. The van der Waals surface area contributed by atoms with E-state index in [2.05, 4.69) is 5.16 Å². The molecule has 1 saturated heterocycles. The van der Waals surface area contributed by atoms with Crippen LogP contribution >= 0.6 is 0 Å². The topological polar surface area (TPSA) is 111 Å². The van der Waals surface area contributed by atoms with E-state index in [9.17, 15) is 9.59 Å². The SMILES string of the molecule is CC(=NO)c1ccc(Oc2ccc(C3(C)CCN(C(C)C(=O)NO)C3=O)cc2)cc1. The molecule has 2 unspecified atom stereocenters. The first kappa shape index (κ1) is 21.3. The fourth-order valence-corrected chi connectivity index (χ4v) is 3.59. The summed E-state index contributed by atoms with van der Waals surface area (Å²) in [6.45, 7) is 5.59. The number of nitrogens with zero attached hydrogens (tertiary/aromatic N) is 2. The molecular formula is C22H25N3O5. The molecule has 0 radical (unpaired) electrons. The van der Waals surface area contributed by atoms with E-state index < -0.39 is 17.4 Å². The molecule has 0 bridgehead atoms. The molecule has 1 heterocycles. The lowest BCUT2D eigenvalue weighted by molar-refractivity contribution is -0.143. The van der Waals surface area contributed by atoms with Gasteiger partial charge in [0.2, 0.25) is 5.91 Å². The van der Waals surface area contributed by atoms with Gasteiger partial charge in [0.05, 0.1) is 11.1 Å². The Morgan fingerprint density at radius 1 is 1.17 bits per heavy atom. The first-order chi connectivity index (χ1) is 14.3. The third kappa shape index (κ3) is 3.99. The molecule has 0 aromatic heterocycles. The van der Waals surface area contributed by atoms with Crippen LogP contribution in [0.4, 0.5) is 0 Å². The lowest BCUT2D eigenvalue weighted by atomic mass is 9.81. The molecule has 2 aromatic carbocycles. The Balaban J connectivity index is 1.72. The largest absolute Gasteiger partial charge is 0.457 e. The zero-order chi connectivity index (χ0) is 21.9. The van der Waals surface area contributed by atoms with E-state index in [1.54, 1.807) is 55.7 Å². The number of carbonyl (C=O) groups excluding carboxylic acids is 2. The van der Waals surface area contributed by atoms with Crippen LogP contribution < -0.4 is 10.2 Å². The van der Waals surface area contributed by atoms with Crippen molar-refractivity contribution in [1.82, 2.24) is 10.4 Å². The van der Waals surface area contributed by atoms with Gasteiger partial charge in [-0.1, -0.05) is 17.3 Å². The minimum absolute atomic E-state index is 0.149. The molecule has 2 atom stereocenters. The van der Waals surface area contributed by atoms with Crippen molar-refractivity contribution in [3.8, 4) is 11.5 Å². The van der Waals surface area contributed by atoms with Crippen LogP contribution in [0.2, 0.25) is 0 Å². The maximum Gasteiger partial charge on any atom is 0.265 e. The quantitative estimate of drug-likeness (QED) is 0.293. The summed E-state index contributed by atoms with van der Waals surface area (Å²) in [5, 5.41) is 20.8. The van der Waals surface area contributed by atoms with Gasteiger partial charge in [-0.3, -0.25) is 14.8 Å². The number of amides is 2. The summed E-state index contributed by atoms with van der Waals surface area (Å²) in [6.07, 6.45) is 0.572. The average molecular weight is 411 g/mol. The maximum atomic E-state index is 13.0. The summed E-state index contributed by atoms with van der Waals surface area (Å²) in [5.74, 6) is 0.500. The first-order valence-electron chi connectivity index (χ1n) is 9.62. The molecule has 0 saturated carbocycles. The molecule has 8 heteroatoms. The van der Waals surface area contributed by atoms with E-state index in [1.807, 2.05) is 19.1 Å². The molecule has 158 valence electrons. The van der Waals surface area contributed by atoms with Crippen molar-refractivity contribution in [1.29, 1.82) is 0 Å². The van der Waals surface area contributed by atoms with Crippen molar-refractivity contribution in [2.75, 3.05) is 6.54 Å². The second-order valence-electron chi connectivity index (χ2n) is 7.57. The molecule has 8 nitrogen and oxygen atoms in total. The lowest BCUT2D eigenvalue weighted by Gasteiger charge is -2.27. The fourth-order valence-electron chi connectivity index (χ4n) is 3.59. The van der Waals surface area contributed by atoms with Crippen LogP contribution in [0.3, 0.4) is 0 Å². The van der Waals surface area contributed by atoms with E-state index in [0.717, 1.165) is 11.1 Å². The molecular weight excluding hydrogens is 386 g/mol. The molecule has 0 spiro atoms. The standard InChI is InChI=1S/C22H25N3O5/c1-14(23-28)16-4-8-18(9-5-16)30-19-10-6-17(7-11-19)22(3)12-13-25(21(22)27)15(2)20(26)24-29/h4-11,15,28-29H,12-13H2,1-3H3,(H,24,26). The third-order valence-electron chi connectivity index (χ3n) is 5.69. The van der Waals surface area contributed by atoms with Crippen LogP contribution in [-0.2, 0) is 15.0 Å². The Morgan fingerprint density at radius 3 is 2.27 bits per heavy atom. The third-order valence-corrected chi connectivity index (χ3v) is 5.69. The van der Waals surface area contributed by atoms with Crippen molar-refractivity contribution in [2.24, 2.45) is 5.16 Å². The average Bonchev–Trinajstić information content (AvgIpc) is 3.08. The van der Waals surface area contributed by atoms with Gasteiger partial charge in [-0.25, -0.2) is 5.48 Å². The zero-order valence-electron chi connectivity index (χ0n) is 17.1. The number of oxime groups is 1. The highest BCUT2D eigenvalue weighted by atomic mass is 16.5. The summed E-state index contributed by atoms with van der Waals surface area (Å²) >= 11 is 0. The number of nitrogens with one attached hydrogen (secondary N) is 1. The highest BCUT2D eigenvalue weighted by Crippen LogP contribution is 2.37. The lowest BCUT2D eigenvalue weighted by Crippen LogP contribution is -2.47. The Kier molecular flexibility index (Phi) is 6.07. The normalized spacial score (nSPS) is 20.2. The summed E-state index contributed by atoms with van der Waals surface area (Å²) in [4.78, 5) is 26.2. The predicted octanol–water partition coefficient (Wildman–Crippen LogP) is 3.06. The minimum atomic E-state index is -0.745. The molecule has 1 aliphatic heterocycles. The molecule has 3 N–H and O–H groups in total. The molecule has 1 fully saturated rings. The summed E-state index contributed by atoms with van der Waals surface area (Å²) in [6, 6.07) is 13.7. The van der Waals surface area contributed by atoms with Gasteiger partial charge in [0.1, 0.15) is 17.5 Å².